The number of hydrogen-bond donors (Lipinski definition) is 0. The Balaban J connectivity index is 0.000000956. The summed E-state index contributed by atoms with van der Waals surface area (Å²) in [6, 6.07) is 10.4. The molecule has 4 heteroatoms. The fourth-order valence-corrected chi connectivity index (χ4v) is 2.77. The van der Waals surface area contributed by atoms with Crippen molar-refractivity contribution in [1.29, 1.82) is 5.26 Å². The van der Waals surface area contributed by atoms with E-state index in [-0.39, 0.29) is 11.2 Å². The van der Waals surface area contributed by atoms with Crippen molar-refractivity contribution < 1.29 is 4.79 Å². The van der Waals surface area contributed by atoms with Gasteiger partial charge in [-0.3, -0.25) is 4.79 Å². The summed E-state index contributed by atoms with van der Waals surface area (Å²) in [5.41, 5.74) is 1.12. The third-order valence-corrected chi connectivity index (χ3v) is 4.07. The van der Waals surface area contributed by atoms with Crippen molar-refractivity contribution >= 4 is 43.0 Å². The van der Waals surface area contributed by atoms with Crippen LogP contribution in [0.3, 0.4) is 0 Å². The lowest BCUT2D eigenvalue weighted by Crippen LogP contribution is -2.33. The third kappa shape index (κ3) is 3.73. The van der Waals surface area contributed by atoms with E-state index in [1.54, 1.807) is 0 Å². The Bertz CT molecular complexity index is 516. The van der Waals surface area contributed by atoms with E-state index in [0.717, 1.165) is 12.0 Å². The van der Waals surface area contributed by atoms with Gasteiger partial charge < -0.3 is 0 Å². The Morgan fingerprint density at radius 2 is 1.75 bits per heavy atom. The molecule has 1 aromatic rings. The highest BCUT2D eigenvalue weighted by molar-refractivity contribution is 15.0. The monoisotopic (exact) mass is 495 g/mol. The van der Waals surface area contributed by atoms with Crippen LogP contribution in [0.4, 0.5) is 0 Å². The van der Waals surface area contributed by atoms with Gasteiger partial charge in [0.2, 0.25) is 0 Å². The quantitative estimate of drug-likeness (QED) is 0.529. The molecular formula is C16H19I2NO. The Labute approximate surface area is 144 Å². The number of halogens is 2. The van der Waals surface area contributed by atoms with Crippen LogP contribution in [0.2, 0.25) is 0 Å². The van der Waals surface area contributed by atoms with Crippen molar-refractivity contribution in [2.75, 3.05) is 0 Å². The van der Waals surface area contributed by atoms with Gasteiger partial charge in [0, 0.05) is 42.6 Å². The van der Waals surface area contributed by atoms with Crippen molar-refractivity contribution in [1.82, 2.24) is 0 Å². The minimum Gasteiger partial charge on any atom is -0.297 e. The van der Waals surface area contributed by atoms with Crippen molar-refractivity contribution in [3.63, 3.8) is 0 Å². The van der Waals surface area contributed by atoms with E-state index in [4.69, 9.17) is 0 Å². The molecule has 1 atom stereocenters. The molecule has 2 rings (SSSR count). The van der Waals surface area contributed by atoms with Gasteiger partial charge >= 0.3 is 0 Å². The van der Waals surface area contributed by atoms with Gasteiger partial charge in [-0.1, -0.05) is 43.7 Å². The Morgan fingerprint density at radius 3 is 2.15 bits per heavy atom. The molecule has 0 aliphatic heterocycles. The van der Waals surface area contributed by atoms with Crippen molar-refractivity contribution in [3.05, 3.63) is 35.4 Å². The summed E-state index contributed by atoms with van der Waals surface area (Å²) in [7, 11) is 0. The van der Waals surface area contributed by atoms with Gasteiger partial charge in [0.25, 0.3) is 0 Å². The molecule has 0 amide bonds. The van der Waals surface area contributed by atoms with E-state index in [1.165, 1.54) is 5.56 Å². The fraction of sp³-hybridized carbons (Fsp3) is 0.500. The SMILES string of the molecule is Cc1ccc(CC2(C#N)CCC(C)(C)C2=O)cc1.II. The molecular weight excluding hydrogens is 476 g/mol. The summed E-state index contributed by atoms with van der Waals surface area (Å²) in [6.45, 7) is 5.93. The number of ketones is 1. The zero-order chi connectivity index (χ0) is 15.4. The van der Waals surface area contributed by atoms with Crippen LogP contribution in [0.5, 0.6) is 0 Å². The number of benzene rings is 1. The largest absolute Gasteiger partial charge is 0.297 e. The smallest absolute Gasteiger partial charge is 0.158 e. The number of nitrogens with zero attached hydrogens (tertiary/aromatic N) is 1. The molecule has 1 unspecified atom stereocenters. The number of Topliss-reactive ketones (excluding diaryl/α,β-unsaturated/α-hetero) is 1. The minimum absolute atomic E-state index is 0.109. The van der Waals surface area contributed by atoms with Crippen LogP contribution in [-0.2, 0) is 11.2 Å². The second-order valence-electron chi connectivity index (χ2n) is 6.07. The summed E-state index contributed by atoms with van der Waals surface area (Å²) in [5.74, 6) is 0.109. The van der Waals surface area contributed by atoms with E-state index in [1.807, 2.05) is 45.0 Å². The van der Waals surface area contributed by atoms with Gasteiger partial charge in [0.05, 0.1) is 6.07 Å². The van der Waals surface area contributed by atoms with Crippen LogP contribution in [0.1, 0.15) is 37.8 Å². The topological polar surface area (TPSA) is 40.9 Å². The van der Waals surface area contributed by atoms with Crippen LogP contribution in [0.15, 0.2) is 24.3 Å². The number of carbonyl (C=O) groups is 1. The van der Waals surface area contributed by atoms with Crippen LogP contribution in [0, 0.1) is 29.1 Å². The molecule has 0 saturated heterocycles. The third-order valence-electron chi connectivity index (χ3n) is 4.07. The zero-order valence-electron chi connectivity index (χ0n) is 12.0. The Kier molecular flexibility index (Phi) is 6.45. The highest BCUT2D eigenvalue weighted by Gasteiger charge is 2.52. The molecule has 0 aromatic heterocycles. The summed E-state index contributed by atoms with van der Waals surface area (Å²) >= 11 is 4.24. The van der Waals surface area contributed by atoms with Crippen molar-refractivity contribution in [2.24, 2.45) is 10.8 Å². The molecule has 1 fully saturated rings. The molecule has 108 valence electrons. The minimum atomic E-state index is -0.807. The van der Waals surface area contributed by atoms with Gasteiger partial charge in [-0.25, -0.2) is 0 Å². The van der Waals surface area contributed by atoms with Crippen LogP contribution in [0.25, 0.3) is 0 Å². The summed E-state index contributed by atoms with van der Waals surface area (Å²) in [5, 5.41) is 9.46. The number of hydrogen-bond acceptors (Lipinski definition) is 2. The maximum absolute atomic E-state index is 12.4. The lowest BCUT2D eigenvalue weighted by molar-refractivity contribution is -0.130. The molecule has 0 radical (unpaired) electrons. The summed E-state index contributed by atoms with van der Waals surface area (Å²) in [6.07, 6.45) is 2.04. The first-order valence-electron chi connectivity index (χ1n) is 6.56. The van der Waals surface area contributed by atoms with Crippen LogP contribution >= 0.6 is 37.2 Å². The summed E-state index contributed by atoms with van der Waals surface area (Å²) < 4.78 is 0. The first-order chi connectivity index (χ1) is 9.39. The van der Waals surface area contributed by atoms with Gasteiger partial charge in [0.15, 0.2) is 5.78 Å². The molecule has 20 heavy (non-hydrogen) atoms. The average molecular weight is 495 g/mol. The predicted octanol–water partition coefficient (Wildman–Crippen LogP) is 5.21. The maximum atomic E-state index is 12.4. The molecule has 1 aromatic carbocycles. The first-order valence-corrected chi connectivity index (χ1v) is 12.8. The van der Waals surface area contributed by atoms with E-state index in [9.17, 15) is 10.1 Å². The maximum Gasteiger partial charge on any atom is 0.158 e. The van der Waals surface area contributed by atoms with Crippen molar-refractivity contribution in [3.8, 4) is 6.07 Å². The molecule has 1 aliphatic rings. The van der Waals surface area contributed by atoms with E-state index in [0.29, 0.717) is 12.8 Å². The van der Waals surface area contributed by atoms with Crippen LogP contribution < -0.4 is 0 Å². The summed E-state index contributed by atoms with van der Waals surface area (Å²) in [4.78, 5) is 12.4. The lowest BCUT2D eigenvalue weighted by Gasteiger charge is -2.22. The average Bonchev–Trinajstić information content (AvgIpc) is 2.68. The fourth-order valence-electron chi connectivity index (χ4n) is 2.77. The second kappa shape index (κ2) is 7.21. The second-order valence-corrected chi connectivity index (χ2v) is 6.07. The molecule has 1 aliphatic carbocycles. The van der Waals surface area contributed by atoms with E-state index < -0.39 is 5.41 Å². The zero-order valence-corrected chi connectivity index (χ0v) is 16.4. The molecule has 0 bridgehead atoms. The highest BCUT2D eigenvalue weighted by Crippen LogP contribution is 2.47. The predicted molar refractivity (Wildman–Crippen MR) is 99.0 cm³/mol. The van der Waals surface area contributed by atoms with E-state index in [2.05, 4.69) is 43.3 Å². The molecule has 0 spiro atoms. The first kappa shape index (κ1) is 17.9. The molecule has 1 saturated carbocycles. The van der Waals surface area contributed by atoms with Crippen molar-refractivity contribution in [2.45, 2.75) is 40.0 Å². The normalized spacial score (nSPS) is 23.7. The lowest BCUT2D eigenvalue weighted by atomic mass is 9.77. The number of aryl methyl sites for hydroxylation is 1. The van der Waals surface area contributed by atoms with Gasteiger partial charge in [-0.05, 0) is 31.7 Å². The molecule has 0 heterocycles. The molecule has 2 nitrogen and oxygen atoms in total. The van der Waals surface area contributed by atoms with Gasteiger partial charge in [-0.15, -0.1) is 0 Å². The van der Waals surface area contributed by atoms with Gasteiger partial charge in [0.1, 0.15) is 5.41 Å². The molecule has 0 N–H and O–H groups in total. The number of rotatable bonds is 2. The Hall–Kier alpha value is -0.160. The highest BCUT2D eigenvalue weighted by atomic mass is 128. The van der Waals surface area contributed by atoms with E-state index >= 15 is 0 Å². The van der Waals surface area contributed by atoms with Gasteiger partial charge in [-0.2, -0.15) is 5.26 Å². The van der Waals surface area contributed by atoms with Crippen LogP contribution in [-0.4, -0.2) is 5.78 Å². The Morgan fingerprint density at radius 1 is 1.20 bits per heavy atom. The standard InChI is InChI=1S/C16H19NO.I2/c1-12-4-6-13(7-5-12)10-16(11-17)9-8-15(2,3)14(16)18;1-2/h4-7H,8-10H2,1-3H3;. The number of carbonyl (C=O) groups excluding carboxylic acids is 1. The number of nitriles is 1.